The monoisotopic (exact) mass is 497 g/mol. The van der Waals surface area contributed by atoms with Gasteiger partial charge in [0.25, 0.3) is 0 Å². The van der Waals surface area contributed by atoms with Crippen LogP contribution in [0.15, 0.2) is 0 Å². The Labute approximate surface area is 215 Å². The van der Waals surface area contributed by atoms with Crippen molar-refractivity contribution in [2.75, 3.05) is 72.3 Å². The van der Waals surface area contributed by atoms with E-state index in [-0.39, 0.29) is 13.3 Å². The summed E-state index contributed by atoms with van der Waals surface area (Å²) in [6, 6.07) is 0. The van der Waals surface area contributed by atoms with E-state index in [1.165, 1.54) is 58.1 Å². The zero-order valence-corrected chi connectivity index (χ0v) is 25.8. The molecular formula is C29H60N3OP. The van der Waals surface area contributed by atoms with Crippen molar-refractivity contribution in [2.45, 2.75) is 86.9 Å². The fraction of sp³-hybridized carbons (Fsp3) is 1.00. The van der Waals surface area contributed by atoms with Crippen LogP contribution in [0.4, 0.5) is 0 Å². The van der Waals surface area contributed by atoms with Crippen LogP contribution in [0.25, 0.3) is 0 Å². The summed E-state index contributed by atoms with van der Waals surface area (Å²) in [5.41, 5.74) is 1.07. The predicted octanol–water partition coefficient (Wildman–Crippen LogP) is 6.20. The highest BCUT2D eigenvalue weighted by atomic mass is 31.1. The van der Waals surface area contributed by atoms with E-state index in [0.29, 0.717) is 22.2 Å². The third-order valence-corrected chi connectivity index (χ3v) is 11.2. The van der Waals surface area contributed by atoms with Crippen molar-refractivity contribution in [1.29, 1.82) is 0 Å². The van der Waals surface area contributed by atoms with Gasteiger partial charge in [-0.2, -0.15) is 0 Å². The summed E-state index contributed by atoms with van der Waals surface area (Å²) in [5.74, 6) is 1.43. The lowest BCUT2D eigenvalue weighted by Gasteiger charge is -2.48. The molecule has 3 aliphatic heterocycles. The molecule has 3 rings (SSSR count). The number of hydrogen-bond acceptors (Lipinski definition) is 4. The highest BCUT2D eigenvalue weighted by molar-refractivity contribution is 7.58. The third-order valence-electron chi connectivity index (χ3n) is 8.45. The second-order valence-electron chi connectivity index (χ2n) is 14.0. The molecule has 0 bridgehead atoms. The van der Waals surface area contributed by atoms with Crippen molar-refractivity contribution in [1.82, 2.24) is 15.1 Å². The van der Waals surface area contributed by atoms with Gasteiger partial charge in [-0.1, -0.05) is 70.2 Å². The first-order chi connectivity index (χ1) is 15.7. The maximum absolute atomic E-state index is 6.49. The van der Waals surface area contributed by atoms with Gasteiger partial charge < -0.3 is 19.9 Å². The number of rotatable bonds is 2. The number of hydrogen-bond donors (Lipinski definition) is 1. The molecule has 4 atom stereocenters. The Hall–Kier alpha value is 0.270. The largest absolute Gasteiger partial charge is 0.368 e. The smallest absolute Gasteiger partial charge is 0.0993 e. The van der Waals surface area contributed by atoms with Gasteiger partial charge in [-0.3, -0.25) is 0 Å². The van der Waals surface area contributed by atoms with Crippen LogP contribution in [0.2, 0.25) is 0 Å². The molecule has 0 aromatic carbocycles. The van der Waals surface area contributed by atoms with E-state index in [2.05, 4.69) is 77.3 Å². The van der Waals surface area contributed by atoms with Gasteiger partial charge in [0.15, 0.2) is 0 Å². The van der Waals surface area contributed by atoms with Crippen LogP contribution in [-0.2, 0) is 4.74 Å². The molecule has 1 spiro atoms. The minimum absolute atomic E-state index is 0.118. The van der Waals surface area contributed by atoms with Crippen LogP contribution in [0, 0.1) is 28.1 Å². The molecule has 0 aromatic heterocycles. The molecule has 3 fully saturated rings. The van der Waals surface area contributed by atoms with Crippen molar-refractivity contribution in [3.8, 4) is 0 Å². The summed E-state index contributed by atoms with van der Waals surface area (Å²) in [6.07, 6.45) is 5.16. The number of morpholine rings is 1. The van der Waals surface area contributed by atoms with Gasteiger partial charge in [-0.05, 0) is 67.2 Å². The minimum atomic E-state index is -0.125. The van der Waals surface area contributed by atoms with Gasteiger partial charge in [0, 0.05) is 45.8 Å². The average Bonchev–Trinajstić information content (AvgIpc) is 2.72. The molecule has 3 saturated heterocycles. The van der Waals surface area contributed by atoms with Crippen LogP contribution >= 0.6 is 7.92 Å². The van der Waals surface area contributed by atoms with Gasteiger partial charge in [-0.15, -0.1) is 0 Å². The summed E-state index contributed by atoms with van der Waals surface area (Å²) in [4.78, 5) is 5.45. The topological polar surface area (TPSA) is 27.7 Å². The second-order valence-corrected chi connectivity index (χ2v) is 16.7. The average molecular weight is 498 g/mol. The van der Waals surface area contributed by atoms with Crippen LogP contribution in [0.3, 0.4) is 0 Å². The Morgan fingerprint density at radius 3 is 2.26 bits per heavy atom. The van der Waals surface area contributed by atoms with Crippen LogP contribution in [0.5, 0.6) is 0 Å². The van der Waals surface area contributed by atoms with E-state index in [4.69, 9.17) is 4.74 Å². The van der Waals surface area contributed by atoms with Gasteiger partial charge in [0.1, 0.15) is 0 Å². The predicted molar refractivity (Wildman–Crippen MR) is 152 cm³/mol. The quantitative estimate of drug-likeness (QED) is 0.460. The van der Waals surface area contributed by atoms with E-state index < -0.39 is 0 Å². The lowest BCUT2D eigenvalue weighted by atomic mass is 9.65. The maximum atomic E-state index is 6.49. The van der Waals surface area contributed by atoms with E-state index in [9.17, 15) is 0 Å². The van der Waals surface area contributed by atoms with E-state index >= 15 is 0 Å². The van der Waals surface area contributed by atoms with Crippen molar-refractivity contribution >= 4 is 7.92 Å². The van der Waals surface area contributed by atoms with Crippen LogP contribution in [-0.4, -0.2) is 87.4 Å². The first-order valence-electron chi connectivity index (χ1n) is 14.2. The maximum Gasteiger partial charge on any atom is 0.0993 e. The van der Waals surface area contributed by atoms with Crippen molar-refractivity contribution in [2.24, 2.45) is 28.1 Å². The van der Waals surface area contributed by atoms with Crippen molar-refractivity contribution in [3.63, 3.8) is 0 Å². The molecule has 3 heterocycles. The molecule has 0 radical (unpaired) electrons. The van der Waals surface area contributed by atoms with Gasteiger partial charge in [0.2, 0.25) is 0 Å². The molecule has 4 nitrogen and oxygen atoms in total. The summed E-state index contributed by atoms with van der Waals surface area (Å²) in [5, 5.41) is 3.76. The first-order valence-corrected chi connectivity index (χ1v) is 16.2. The third kappa shape index (κ3) is 8.41. The molecule has 4 unspecified atom stereocenters. The Bertz CT molecular complexity index is 614. The van der Waals surface area contributed by atoms with Crippen molar-refractivity contribution < 1.29 is 4.74 Å². The van der Waals surface area contributed by atoms with Gasteiger partial charge in [-0.25, -0.2) is 0 Å². The number of nitrogens with zero attached hydrogens (tertiary/aromatic N) is 2. The molecule has 202 valence electrons. The zero-order chi connectivity index (χ0) is 25.8. The Kier molecular flexibility index (Phi) is 11.0. The molecule has 0 amide bonds. The number of nitrogens with one attached hydrogen (secondary N) is 1. The molecule has 0 aliphatic carbocycles. The Morgan fingerprint density at radius 1 is 1.00 bits per heavy atom. The minimum Gasteiger partial charge on any atom is -0.368 e. The molecule has 0 aromatic rings. The molecule has 1 N–H and O–H groups in total. The molecule has 3 aliphatic rings. The SMILES string of the molecule is CC.CC1CN(CC2CC(C)(C)CN(C)CC(C)(C)CC2(C)C)CCP(C)C2(CNCCO2)C1. The highest BCUT2D eigenvalue weighted by Crippen LogP contribution is 2.53. The number of ether oxygens (including phenoxy) is 1. The van der Waals surface area contributed by atoms with E-state index in [1.807, 2.05) is 13.8 Å². The molecule has 0 saturated carbocycles. The van der Waals surface area contributed by atoms with Gasteiger partial charge in [0.05, 0.1) is 11.9 Å². The van der Waals surface area contributed by atoms with E-state index in [1.54, 1.807) is 0 Å². The highest BCUT2D eigenvalue weighted by Gasteiger charge is 2.44. The lowest BCUT2D eigenvalue weighted by Crippen LogP contribution is -2.52. The molecule has 34 heavy (non-hydrogen) atoms. The van der Waals surface area contributed by atoms with Crippen molar-refractivity contribution in [3.05, 3.63) is 0 Å². The summed E-state index contributed by atoms with van der Waals surface area (Å²) in [7, 11) is 2.21. The Morgan fingerprint density at radius 2 is 1.65 bits per heavy atom. The fourth-order valence-electron chi connectivity index (χ4n) is 7.56. The molecular weight excluding hydrogens is 437 g/mol. The standard InChI is InChI=1S/C27H54N3OP.C2H6/c1-22-14-27(19-28-10-12-31-27)32(9)13-11-30(16-22)17-23-15-24(2,3)20-29(8)21-25(4,5)18-26(23,6)7;1-2/h22-23,28H,10-21H2,1-9H3;1-2H3. The fourth-order valence-corrected chi connectivity index (χ4v) is 9.87. The normalized spacial score (nSPS) is 37.3. The van der Waals surface area contributed by atoms with E-state index in [0.717, 1.165) is 25.6 Å². The first kappa shape index (κ1) is 30.5. The lowest BCUT2D eigenvalue weighted by molar-refractivity contribution is -0.0231. The van der Waals surface area contributed by atoms with Crippen LogP contribution in [0.1, 0.15) is 81.6 Å². The van der Waals surface area contributed by atoms with Gasteiger partial charge >= 0.3 is 0 Å². The summed E-state index contributed by atoms with van der Waals surface area (Å²) < 4.78 is 6.49. The Balaban J connectivity index is 0.00000199. The zero-order valence-electron chi connectivity index (χ0n) is 24.9. The molecule has 5 heteroatoms. The van der Waals surface area contributed by atoms with Crippen LogP contribution < -0.4 is 5.32 Å². The second kappa shape index (κ2) is 12.2. The summed E-state index contributed by atoms with van der Waals surface area (Å²) in [6.45, 7) is 33.2. The summed E-state index contributed by atoms with van der Waals surface area (Å²) >= 11 is 0.